The molecule has 2 atom stereocenters. The molecule has 2 nitrogen and oxygen atoms in total. The zero-order valence-corrected chi connectivity index (χ0v) is 12.8. The Morgan fingerprint density at radius 2 is 1.05 bits per heavy atom. The fourth-order valence-electron chi connectivity index (χ4n) is 2.88. The Morgan fingerprint density at radius 3 is 1.45 bits per heavy atom. The van der Waals surface area contributed by atoms with Crippen molar-refractivity contribution in [3.63, 3.8) is 0 Å². The van der Waals surface area contributed by atoms with Gasteiger partial charge in [0.2, 0.25) is 0 Å². The highest BCUT2D eigenvalue weighted by Crippen LogP contribution is 2.24. The summed E-state index contributed by atoms with van der Waals surface area (Å²) in [5.41, 5.74) is 2.33. The van der Waals surface area contributed by atoms with Crippen LogP contribution < -0.4 is 0 Å². The van der Waals surface area contributed by atoms with Crippen molar-refractivity contribution < 1.29 is 0 Å². The van der Waals surface area contributed by atoms with Crippen LogP contribution in [0, 0.1) is 0 Å². The fraction of sp³-hybridized carbons (Fsp3) is 0.300. The molecule has 1 aliphatic carbocycles. The van der Waals surface area contributed by atoms with Crippen LogP contribution in [0.5, 0.6) is 0 Å². The van der Waals surface area contributed by atoms with Crippen LogP contribution in [0.25, 0.3) is 0 Å². The Morgan fingerprint density at radius 1 is 0.636 bits per heavy atom. The molecule has 22 heavy (non-hydrogen) atoms. The summed E-state index contributed by atoms with van der Waals surface area (Å²) >= 11 is 0. The van der Waals surface area contributed by atoms with Crippen molar-refractivity contribution in [3.05, 3.63) is 71.8 Å². The summed E-state index contributed by atoms with van der Waals surface area (Å²) in [6.07, 6.45) is 8.80. The summed E-state index contributed by atoms with van der Waals surface area (Å²) in [6.45, 7) is 0. The summed E-state index contributed by atoms with van der Waals surface area (Å²) < 4.78 is 0. The molecule has 0 aromatic heterocycles. The second-order valence-corrected chi connectivity index (χ2v) is 5.80. The maximum absolute atomic E-state index is 4.81. The highest BCUT2D eigenvalue weighted by atomic mass is 14.9. The van der Waals surface area contributed by atoms with Crippen LogP contribution in [0.3, 0.4) is 0 Å². The predicted octanol–water partition coefficient (Wildman–Crippen LogP) is 4.54. The molecule has 1 aliphatic rings. The second kappa shape index (κ2) is 7.69. The molecule has 1 saturated carbocycles. The molecular weight excluding hydrogens is 268 g/mol. The van der Waals surface area contributed by atoms with E-state index in [1.807, 2.05) is 48.8 Å². The minimum atomic E-state index is 0.314. The van der Waals surface area contributed by atoms with Crippen molar-refractivity contribution in [3.8, 4) is 0 Å². The summed E-state index contributed by atoms with van der Waals surface area (Å²) in [7, 11) is 0. The molecule has 0 aliphatic heterocycles. The molecule has 0 heterocycles. The molecule has 3 rings (SSSR count). The third kappa shape index (κ3) is 4.14. The molecule has 1 fully saturated rings. The van der Waals surface area contributed by atoms with Crippen LogP contribution in [0.15, 0.2) is 70.6 Å². The van der Waals surface area contributed by atoms with Gasteiger partial charge < -0.3 is 0 Å². The van der Waals surface area contributed by atoms with Crippen LogP contribution in [0.1, 0.15) is 36.8 Å². The van der Waals surface area contributed by atoms with Gasteiger partial charge >= 0.3 is 0 Å². The first-order valence-electron chi connectivity index (χ1n) is 8.08. The first-order chi connectivity index (χ1) is 10.9. The minimum absolute atomic E-state index is 0.314. The average Bonchev–Trinajstić information content (AvgIpc) is 2.61. The number of benzene rings is 2. The lowest BCUT2D eigenvalue weighted by Gasteiger charge is -2.25. The summed E-state index contributed by atoms with van der Waals surface area (Å²) in [4.78, 5) is 9.62. The third-order valence-electron chi connectivity index (χ3n) is 4.12. The maximum atomic E-state index is 4.81. The van der Waals surface area contributed by atoms with E-state index in [2.05, 4.69) is 24.3 Å². The molecule has 112 valence electrons. The molecule has 0 spiro atoms. The third-order valence-corrected chi connectivity index (χ3v) is 4.12. The van der Waals surface area contributed by atoms with Crippen molar-refractivity contribution in [2.75, 3.05) is 0 Å². The highest BCUT2D eigenvalue weighted by Gasteiger charge is 2.22. The molecule has 2 aromatic carbocycles. The molecule has 0 saturated heterocycles. The lowest BCUT2D eigenvalue weighted by molar-refractivity contribution is 0.390. The Bertz CT molecular complexity index is 559. The van der Waals surface area contributed by atoms with E-state index >= 15 is 0 Å². The van der Waals surface area contributed by atoms with Crippen molar-refractivity contribution in [1.82, 2.24) is 0 Å². The van der Waals surface area contributed by atoms with E-state index in [1.54, 1.807) is 0 Å². The first kappa shape index (κ1) is 14.7. The zero-order chi connectivity index (χ0) is 15.0. The summed E-state index contributed by atoms with van der Waals surface area (Å²) in [5.74, 6) is 0. The Balaban J connectivity index is 1.69. The van der Waals surface area contributed by atoms with Crippen LogP contribution in [-0.2, 0) is 0 Å². The van der Waals surface area contributed by atoms with E-state index in [0.29, 0.717) is 12.1 Å². The standard InChI is InChI=1S/C20H22N2/c1-3-9-17(10-4-1)15-21-19-13-7-8-14-20(19)22-16-18-11-5-2-6-12-18/h1-6,9-12,15-16,19-20H,7-8,13-14H2/b21-15+,22-16+/t19-,20-/m1/s1. The van der Waals surface area contributed by atoms with E-state index in [1.165, 1.54) is 24.0 Å². The van der Waals surface area contributed by atoms with Gasteiger partial charge in [0.25, 0.3) is 0 Å². The molecule has 0 N–H and O–H groups in total. The van der Waals surface area contributed by atoms with Crippen molar-refractivity contribution in [1.29, 1.82) is 0 Å². The smallest absolute Gasteiger partial charge is 0.0723 e. The van der Waals surface area contributed by atoms with Gasteiger partial charge in [-0.1, -0.05) is 73.5 Å². The highest BCUT2D eigenvalue weighted by molar-refractivity contribution is 5.80. The average molecular weight is 290 g/mol. The van der Waals surface area contributed by atoms with Gasteiger partial charge in [0, 0.05) is 12.4 Å². The fourth-order valence-corrected chi connectivity index (χ4v) is 2.88. The van der Waals surface area contributed by atoms with E-state index in [-0.39, 0.29) is 0 Å². The first-order valence-corrected chi connectivity index (χ1v) is 8.08. The minimum Gasteiger partial charge on any atom is -0.287 e. The van der Waals surface area contributed by atoms with Crippen LogP contribution in [0.2, 0.25) is 0 Å². The predicted molar refractivity (Wildman–Crippen MR) is 94.1 cm³/mol. The molecular formula is C20H22N2. The van der Waals surface area contributed by atoms with E-state index in [9.17, 15) is 0 Å². The Kier molecular flexibility index (Phi) is 5.14. The lowest BCUT2D eigenvalue weighted by Crippen LogP contribution is -2.27. The molecule has 0 bridgehead atoms. The molecule has 0 amide bonds. The number of nitrogens with zero attached hydrogens (tertiary/aromatic N) is 2. The maximum Gasteiger partial charge on any atom is 0.0723 e. The molecule has 0 unspecified atom stereocenters. The number of hydrogen-bond acceptors (Lipinski definition) is 2. The van der Waals surface area contributed by atoms with Crippen molar-refractivity contribution in [2.24, 2.45) is 9.98 Å². The van der Waals surface area contributed by atoms with Crippen LogP contribution in [-0.4, -0.2) is 24.5 Å². The topological polar surface area (TPSA) is 24.7 Å². The van der Waals surface area contributed by atoms with Crippen molar-refractivity contribution in [2.45, 2.75) is 37.8 Å². The number of hydrogen-bond donors (Lipinski definition) is 0. The van der Waals surface area contributed by atoms with Gasteiger partial charge in [0.05, 0.1) is 12.1 Å². The van der Waals surface area contributed by atoms with E-state index in [4.69, 9.17) is 9.98 Å². The molecule has 0 radical (unpaired) electrons. The van der Waals surface area contributed by atoms with Crippen LogP contribution >= 0.6 is 0 Å². The van der Waals surface area contributed by atoms with Gasteiger partial charge in [-0.15, -0.1) is 0 Å². The van der Waals surface area contributed by atoms with Gasteiger partial charge in [-0.3, -0.25) is 9.98 Å². The van der Waals surface area contributed by atoms with E-state index < -0.39 is 0 Å². The summed E-state index contributed by atoms with van der Waals surface area (Å²) in [6, 6.07) is 21.3. The van der Waals surface area contributed by atoms with Crippen molar-refractivity contribution >= 4 is 12.4 Å². The molecule has 2 aromatic rings. The Labute approximate surface area is 132 Å². The molecule has 2 heteroatoms. The van der Waals surface area contributed by atoms with Gasteiger partial charge in [-0.2, -0.15) is 0 Å². The normalized spacial score (nSPS) is 22.4. The summed E-state index contributed by atoms with van der Waals surface area (Å²) in [5, 5.41) is 0. The van der Waals surface area contributed by atoms with Gasteiger partial charge in [-0.05, 0) is 24.0 Å². The second-order valence-electron chi connectivity index (χ2n) is 5.80. The Hall–Kier alpha value is -2.22. The van der Waals surface area contributed by atoms with Gasteiger partial charge in [-0.25, -0.2) is 0 Å². The monoisotopic (exact) mass is 290 g/mol. The quantitative estimate of drug-likeness (QED) is 0.739. The lowest BCUT2D eigenvalue weighted by atomic mass is 9.91. The van der Waals surface area contributed by atoms with E-state index in [0.717, 1.165) is 12.8 Å². The number of rotatable bonds is 4. The van der Waals surface area contributed by atoms with Crippen LogP contribution in [0.4, 0.5) is 0 Å². The zero-order valence-electron chi connectivity index (χ0n) is 12.8. The van der Waals surface area contributed by atoms with Gasteiger partial charge in [0.15, 0.2) is 0 Å². The largest absolute Gasteiger partial charge is 0.287 e. The SMILES string of the molecule is C(=N\[C@@H]1CCCC[C@H]1/N=C/c1ccccc1)/c1ccccc1. The number of aliphatic imine (C=N–C) groups is 2. The van der Waals surface area contributed by atoms with Gasteiger partial charge in [0.1, 0.15) is 0 Å².